The molecular weight excluding hydrogens is 218 g/mol. The van der Waals surface area contributed by atoms with Gasteiger partial charge in [-0.1, -0.05) is 37.3 Å². The second kappa shape index (κ2) is 5.07. The molecule has 3 nitrogen and oxygen atoms in total. The van der Waals surface area contributed by atoms with Gasteiger partial charge in [0, 0.05) is 5.69 Å². The summed E-state index contributed by atoms with van der Waals surface area (Å²) in [6.45, 7) is 4.24. The zero-order valence-corrected chi connectivity index (χ0v) is 10.3. The largest absolute Gasteiger partial charge is 0.330 e. The van der Waals surface area contributed by atoms with Crippen molar-refractivity contribution in [3.63, 3.8) is 0 Å². The lowest BCUT2D eigenvalue weighted by molar-refractivity contribution is 0.986. The molecule has 0 aliphatic carbocycles. The summed E-state index contributed by atoms with van der Waals surface area (Å²) >= 11 is 1.60. The van der Waals surface area contributed by atoms with Gasteiger partial charge in [0.05, 0.1) is 0 Å². The van der Waals surface area contributed by atoms with E-state index in [4.69, 9.17) is 0 Å². The van der Waals surface area contributed by atoms with Gasteiger partial charge in [0.25, 0.3) is 0 Å². The molecule has 1 aromatic carbocycles. The first-order valence-electron chi connectivity index (χ1n) is 5.50. The van der Waals surface area contributed by atoms with Crippen molar-refractivity contribution in [3.8, 4) is 0 Å². The number of hydrogen-bond donors (Lipinski definition) is 1. The van der Waals surface area contributed by atoms with Gasteiger partial charge in [0.2, 0.25) is 5.13 Å². The van der Waals surface area contributed by atoms with E-state index in [1.165, 1.54) is 5.56 Å². The van der Waals surface area contributed by atoms with E-state index in [1.54, 1.807) is 11.3 Å². The second-order valence-electron chi connectivity index (χ2n) is 3.53. The van der Waals surface area contributed by atoms with E-state index >= 15 is 0 Å². The molecule has 84 valence electrons. The number of aryl methyl sites for hydroxylation is 2. The Morgan fingerprint density at radius 1 is 1.06 bits per heavy atom. The lowest BCUT2D eigenvalue weighted by Gasteiger charge is -2.02. The van der Waals surface area contributed by atoms with E-state index in [9.17, 15) is 0 Å². The van der Waals surface area contributed by atoms with Crippen molar-refractivity contribution in [2.24, 2.45) is 0 Å². The van der Waals surface area contributed by atoms with Gasteiger partial charge < -0.3 is 5.32 Å². The van der Waals surface area contributed by atoms with E-state index in [2.05, 4.69) is 53.6 Å². The highest BCUT2D eigenvalue weighted by molar-refractivity contribution is 7.15. The molecule has 0 bridgehead atoms. The lowest BCUT2D eigenvalue weighted by Crippen LogP contribution is -1.89. The Morgan fingerprint density at radius 3 is 2.38 bits per heavy atom. The average molecular weight is 233 g/mol. The molecule has 1 aromatic heterocycles. The highest BCUT2D eigenvalue weighted by atomic mass is 32.1. The standard InChI is InChI=1S/C12H15N3S/c1-3-9-5-7-10(8-6-9)13-12-15-14-11(4-2)16-12/h5-8H,3-4H2,1-2H3,(H,13,15). The van der Waals surface area contributed by atoms with E-state index in [0.717, 1.165) is 28.7 Å². The first kappa shape index (κ1) is 11.1. The minimum atomic E-state index is 0.862. The Labute approximate surface area is 99.5 Å². The topological polar surface area (TPSA) is 37.8 Å². The number of benzene rings is 1. The van der Waals surface area contributed by atoms with E-state index in [-0.39, 0.29) is 0 Å². The molecular formula is C12H15N3S. The van der Waals surface area contributed by atoms with Gasteiger partial charge in [-0.15, -0.1) is 10.2 Å². The Morgan fingerprint density at radius 2 is 1.81 bits per heavy atom. The quantitative estimate of drug-likeness (QED) is 0.879. The van der Waals surface area contributed by atoms with Crippen molar-refractivity contribution < 1.29 is 0 Å². The van der Waals surface area contributed by atoms with Gasteiger partial charge in [-0.3, -0.25) is 0 Å². The molecule has 0 unspecified atom stereocenters. The Hall–Kier alpha value is -1.42. The van der Waals surface area contributed by atoms with Crippen LogP contribution in [0.1, 0.15) is 24.4 Å². The van der Waals surface area contributed by atoms with E-state index < -0.39 is 0 Å². The molecule has 16 heavy (non-hydrogen) atoms. The Kier molecular flexibility index (Phi) is 3.51. The van der Waals surface area contributed by atoms with Crippen LogP contribution in [-0.2, 0) is 12.8 Å². The van der Waals surface area contributed by atoms with Gasteiger partial charge in [-0.05, 0) is 30.5 Å². The van der Waals surface area contributed by atoms with Gasteiger partial charge in [-0.2, -0.15) is 0 Å². The van der Waals surface area contributed by atoms with Crippen LogP contribution < -0.4 is 5.32 Å². The fourth-order valence-corrected chi connectivity index (χ4v) is 2.09. The summed E-state index contributed by atoms with van der Waals surface area (Å²) in [5, 5.41) is 13.3. The lowest BCUT2D eigenvalue weighted by atomic mass is 10.1. The summed E-state index contributed by atoms with van der Waals surface area (Å²) in [6, 6.07) is 8.41. The minimum absolute atomic E-state index is 0.862. The molecule has 0 radical (unpaired) electrons. The van der Waals surface area contributed by atoms with Crippen molar-refractivity contribution in [3.05, 3.63) is 34.8 Å². The van der Waals surface area contributed by atoms with Crippen LogP contribution >= 0.6 is 11.3 Å². The second-order valence-corrected chi connectivity index (χ2v) is 4.59. The van der Waals surface area contributed by atoms with Crippen molar-refractivity contribution in [1.82, 2.24) is 10.2 Å². The maximum Gasteiger partial charge on any atom is 0.210 e. The van der Waals surface area contributed by atoms with Gasteiger partial charge in [0.15, 0.2) is 0 Å². The maximum absolute atomic E-state index is 4.08. The number of rotatable bonds is 4. The molecule has 0 aliphatic rings. The predicted molar refractivity (Wildman–Crippen MR) is 68.4 cm³/mol. The molecule has 0 spiro atoms. The number of nitrogens with one attached hydrogen (secondary N) is 1. The van der Waals surface area contributed by atoms with Crippen LogP contribution in [0.25, 0.3) is 0 Å². The molecule has 2 aromatic rings. The van der Waals surface area contributed by atoms with Crippen LogP contribution in [-0.4, -0.2) is 10.2 Å². The first-order chi connectivity index (χ1) is 7.81. The molecule has 0 amide bonds. The molecule has 0 atom stereocenters. The summed E-state index contributed by atoms with van der Waals surface area (Å²) in [4.78, 5) is 0. The van der Waals surface area contributed by atoms with Gasteiger partial charge in [0.1, 0.15) is 5.01 Å². The van der Waals surface area contributed by atoms with Gasteiger partial charge >= 0.3 is 0 Å². The van der Waals surface area contributed by atoms with Crippen molar-refractivity contribution >= 4 is 22.2 Å². The minimum Gasteiger partial charge on any atom is -0.330 e. The molecule has 2 rings (SSSR count). The summed E-state index contributed by atoms with van der Waals surface area (Å²) < 4.78 is 0. The highest BCUT2D eigenvalue weighted by Crippen LogP contribution is 2.21. The third-order valence-corrected chi connectivity index (χ3v) is 3.37. The van der Waals surface area contributed by atoms with Crippen LogP contribution in [0.5, 0.6) is 0 Å². The zero-order chi connectivity index (χ0) is 11.4. The van der Waals surface area contributed by atoms with Crippen molar-refractivity contribution in [1.29, 1.82) is 0 Å². The van der Waals surface area contributed by atoms with Gasteiger partial charge in [-0.25, -0.2) is 0 Å². The zero-order valence-electron chi connectivity index (χ0n) is 9.53. The van der Waals surface area contributed by atoms with Crippen molar-refractivity contribution in [2.75, 3.05) is 5.32 Å². The third-order valence-electron chi connectivity index (χ3n) is 2.38. The molecule has 4 heteroatoms. The van der Waals surface area contributed by atoms with Crippen molar-refractivity contribution in [2.45, 2.75) is 26.7 Å². The average Bonchev–Trinajstić information content (AvgIpc) is 2.78. The summed E-state index contributed by atoms with van der Waals surface area (Å²) in [7, 11) is 0. The number of anilines is 2. The van der Waals surface area contributed by atoms with Crippen LogP contribution in [0.3, 0.4) is 0 Å². The molecule has 0 saturated heterocycles. The number of aromatic nitrogens is 2. The van der Waals surface area contributed by atoms with Crippen LogP contribution in [0.2, 0.25) is 0 Å². The fraction of sp³-hybridized carbons (Fsp3) is 0.333. The van der Waals surface area contributed by atoms with Crippen LogP contribution in [0, 0.1) is 0 Å². The fourth-order valence-electron chi connectivity index (χ4n) is 1.39. The van der Waals surface area contributed by atoms with E-state index in [0.29, 0.717) is 0 Å². The maximum atomic E-state index is 4.08. The molecule has 1 N–H and O–H groups in total. The molecule has 0 aliphatic heterocycles. The molecule has 0 saturated carbocycles. The first-order valence-corrected chi connectivity index (χ1v) is 6.31. The number of nitrogens with zero attached hydrogens (tertiary/aromatic N) is 2. The van der Waals surface area contributed by atoms with E-state index in [1.807, 2.05) is 0 Å². The summed E-state index contributed by atoms with van der Waals surface area (Å²) in [5.74, 6) is 0. The third kappa shape index (κ3) is 2.58. The normalized spacial score (nSPS) is 10.4. The Balaban J connectivity index is 2.08. The monoisotopic (exact) mass is 233 g/mol. The highest BCUT2D eigenvalue weighted by Gasteiger charge is 2.02. The summed E-state index contributed by atoms with van der Waals surface area (Å²) in [5.41, 5.74) is 2.41. The molecule has 1 heterocycles. The smallest absolute Gasteiger partial charge is 0.210 e. The predicted octanol–water partition coefficient (Wildman–Crippen LogP) is 3.41. The SMILES string of the molecule is CCc1ccc(Nc2nnc(CC)s2)cc1. The molecule has 0 fully saturated rings. The van der Waals surface area contributed by atoms with Crippen LogP contribution in [0.15, 0.2) is 24.3 Å². The number of hydrogen-bond acceptors (Lipinski definition) is 4. The summed E-state index contributed by atoms with van der Waals surface area (Å²) in [6.07, 6.45) is 2.01. The Bertz CT molecular complexity index is 448. The van der Waals surface area contributed by atoms with Crippen LogP contribution in [0.4, 0.5) is 10.8 Å².